The molecule has 2 aromatic carbocycles. The number of carbonyl (C=O) groups is 1. The van der Waals surface area contributed by atoms with Crippen LogP contribution >= 0.6 is 0 Å². The Kier molecular flexibility index (Phi) is 4.59. The first kappa shape index (κ1) is 17.5. The number of methoxy groups -OCH3 is 1. The third kappa shape index (κ3) is 3.23. The Labute approximate surface area is 161 Å². The van der Waals surface area contributed by atoms with Crippen molar-refractivity contribution in [3.8, 4) is 5.69 Å². The number of ether oxygens (including phenoxy) is 1. The molecular formula is C20H18N6O2. The average molecular weight is 374 g/mol. The summed E-state index contributed by atoms with van der Waals surface area (Å²) in [4.78, 5) is 21.8. The second-order valence-electron chi connectivity index (χ2n) is 6.05. The first-order valence-corrected chi connectivity index (χ1v) is 8.60. The van der Waals surface area contributed by atoms with Crippen molar-refractivity contribution < 1.29 is 9.53 Å². The highest BCUT2D eigenvalue weighted by Gasteiger charge is 2.13. The van der Waals surface area contributed by atoms with Crippen LogP contribution in [0.4, 0.5) is 22.0 Å². The van der Waals surface area contributed by atoms with E-state index in [-0.39, 0.29) is 0 Å². The van der Waals surface area contributed by atoms with Gasteiger partial charge in [-0.3, -0.25) is 4.90 Å². The summed E-state index contributed by atoms with van der Waals surface area (Å²) in [6.07, 6.45) is 2.82. The summed E-state index contributed by atoms with van der Waals surface area (Å²) in [7, 11) is 3.00. The van der Waals surface area contributed by atoms with E-state index in [0.29, 0.717) is 11.5 Å². The largest absolute Gasteiger partial charge is 0.452 e. The van der Waals surface area contributed by atoms with Crippen molar-refractivity contribution >= 4 is 34.3 Å². The molecule has 0 saturated heterocycles. The number of hydrogen-bond donors (Lipinski definition) is 1. The number of fused-ring (bicyclic) bond motifs is 1. The van der Waals surface area contributed by atoms with E-state index in [2.05, 4.69) is 20.4 Å². The summed E-state index contributed by atoms with van der Waals surface area (Å²) in [6.45, 7) is 0. The van der Waals surface area contributed by atoms with Crippen molar-refractivity contribution in [3.05, 3.63) is 67.1 Å². The number of anilines is 3. The molecule has 0 spiro atoms. The van der Waals surface area contributed by atoms with Gasteiger partial charge < -0.3 is 10.1 Å². The minimum Gasteiger partial charge on any atom is -0.452 e. The predicted octanol–water partition coefficient (Wildman–Crippen LogP) is 3.76. The molecule has 1 amide bonds. The lowest BCUT2D eigenvalue weighted by molar-refractivity contribution is 0.180. The minimum absolute atomic E-state index is 0.424. The Morgan fingerprint density at radius 2 is 1.82 bits per heavy atom. The molecule has 2 aromatic heterocycles. The first-order chi connectivity index (χ1) is 13.7. The lowest BCUT2D eigenvalue weighted by Gasteiger charge is -2.16. The van der Waals surface area contributed by atoms with Crippen molar-refractivity contribution in [1.82, 2.24) is 19.7 Å². The Hall–Kier alpha value is -3.94. The number of rotatable bonds is 4. The summed E-state index contributed by atoms with van der Waals surface area (Å²) in [6, 6.07) is 17.2. The monoisotopic (exact) mass is 374 g/mol. The summed E-state index contributed by atoms with van der Waals surface area (Å²) in [5.41, 5.74) is 3.19. The van der Waals surface area contributed by atoms with Crippen LogP contribution in [-0.4, -0.2) is 40.0 Å². The topological polar surface area (TPSA) is 85.2 Å². The van der Waals surface area contributed by atoms with E-state index in [1.807, 2.05) is 54.6 Å². The number of para-hydroxylation sites is 1. The Morgan fingerprint density at radius 3 is 2.54 bits per heavy atom. The number of benzene rings is 2. The third-order valence-electron chi connectivity index (χ3n) is 4.33. The van der Waals surface area contributed by atoms with Crippen molar-refractivity contribution in [3.63, 3.8) is 0 Å². The van der Waals surface area contributed by atoms with Gasteiger partial charge in [0.25, 0.3) is 0 Å². The molecule has 0 aliphatic carbocycles. The summed E-state index contributed by atoms with van der Waals surface area (Å²) in [5.74, 6) is 0.654. The van der Waals surface area contributed by atoms with Crippen molar-refractivity contribution in [1.29, 1.82) is 0 Å². The molecule has 0 atom stereocenters. The third-order valence-corrected chi connectivity index (χ3v) is 4.33. The van der Waals surface area contributed by atoms with Gasteiger partial charge in [-0.25, -0.2) is 19.4 Å². The maximum Gasteiger partial charge on any atom is 0.413 e. The van der Waals surface area contributed by atoms with Gasteiger partial charge in [0.05, 0.1) is 24.4 Å². The molecule has 0 unspecified atom stereocenters. The molecule has 28 heavy (non-hydrogen) atoms. The van der Waals surface area contributed by atoms with E-state index in [4.69, 9.17) is 4.74 Å². The van der Waals surface area contributed by atoms with Gasteiger partial charge in [-0.2, -0.15) is 5.10 Å². The first-order valence-electron chi connectivity index (χ1n) is 8.60. The lowest BCUT2D eigenvalue weighted by atomic mass is 10.2. The quantitative estimate of drug-likeness (QED) is 0.585. The van der Waals surface area contributed by atoms with Gasteiger partial charge in [-0.05, 0) is 36.4 Å². The van der Waals surface area contributed by atoms with E-state index in [0.717, 1.165) is 22.4 Å². The van der Waals surface area contributed by atoms with Crippen LogP contribution in [0.15, 0.2) is 67.1 Å². The molecule has 140 valence electrons. The van der Waals surface area contributed by atoms with Crippen LogP contribution in [0.3, 0.4) is 0 Å². The van der Waals surface area contributed by atoms with Crippen LogP contribution in [-0.2, 0) is 4.74 Å². The molecule has 0 radical (unpaired) electrons. The Balaban J connectivity index is 1.62. The van der Waals surface area contributed by atoms with E-state index >= 15 is 0 Å². The molecule has 4 aromatic rings. The molecule has 0 fully saturated rings. The maximum absolute atomic E-state index is 11.6. The number of carbonyl (C=O) groups excluding carboxylic acids is 1. The fourth-order valence-electron chi connectivity index (χ4n) is 2.85. The van der Waals surface area contributed by atoms with Gasteiger partial charge in [0, 0.05) is 18.4 Å². The second kappa shape index (κ2) is 7.36. The highest BCUT2D eigenvalue weighted by Crippen LogP contribution is 2.25. The van der Waals surface area contributed by atoms with Gasteiger partial charge in [0.15, 0.2) is 5.65 Å². The molecule has 8 heteroatoms. The number of aromatic nitrogens is 4. The highest BCUT2D eigenvalue weighted by atomic mass is 16.5. The smallest absolute Gasteiger partial charge is 0.413 e. The number of nitrogens with zero attached hydrogens (tertiary/aromatic N) is 5. The minimum atomic E-state index is -0.424. The van der Waals surface area contributed by atoms with Gasteiger partial charge in [0.1, 0.15) is 12.1 Å². The number of nitrogens with one attached hydrogen (secondary N) is 1. The van der Waals surface area contributed by atoms with Crippen LogP contribution < -0.4 is 10.2 Å². The van der Waals surface area contributed by atoms with Crippen LogP contribution in [0.25, 0.3) is 16.7 Å². The van der Waals surface area contributed by atoms with Gasteiger partial charge in [-0.1, -0.05) is 18.2 Å². The summed E-state index contributed by atoms with van der Waals surface area (Å²) in [5, 5.41) is 8.54. The molecule has 2 heterocycles. The molecule has 0 saturated carbocycles. The van der Waals surface area contributed by atoms with Gasteiger partial charge in [0.2, 0.25) is 0 Å². The van der Waals surface area contributed by atoms with E-state index < -0.39 is 6.09 Å². The van der Waals surface area contributed by atoms with E-state index in [1.165, 1.54) is 18.3 Å². The fourth-order valence-corrected chi connectivity index (χ4v) is 2.85. The lowest BCUT2D eigenvalue weighted by Crippen LogP contribution is -2.25. The van der Waals surface area contributed by atoms with Crippen molar-refractivity contribution in [2.45, 2.75) is 0 Å². The van der Waals surface area contributed by atoms with Crippen LogP contribution in [0.2, 0.25) is 0 Å². The van der Waals surface area contributed by atoms with Crippen molar-refractivity contribution in [2.24, 2.45) is 0 Å². The van der Waals surface area contributed by atoms with Gasteiger partial charge >= 0.3 is 6.09 Å². The van der Waals surface area contributed by atoms with E-state index in [1.54, 1.807) is 17.9 Å². The zero-order valence-corrected chi connectivity index (χ0v) is 15.4. The highest BCUT2D eigenvalue weighted by molar-refractivity contribution is 5.90. The predicted molar refractivity (Wildman–Crippen MR) is 107 cm³/mol. The molecular weight excluding hydrogens is 356 g/mol. The van der Waals surface area contributed by atoms with E-state index in [9.17, 15) is 4.79 Å². The molecule has 0 aliphatic heterocycles. The van der Waals surface area contributed by atoms with Gasteiger partial charge in [-0.15, -0.1) is 0 Å². The number of amides is 1. The van der Waals surface area contributed by atoms with Crippen LogP contribution in [0, 0.1) is 0 Å². The zero-order valence-electron chi connectivity index (χ0n) is 15.4. The van der Waals surface area contributed by atoms with Crippen LogP contribution in [0.1, 0.15) is 0 Å². The molecule has 4 rings (SSSR count). The zero-order chi connectivity index (χ0) is 19.5. The summed E-state index contributed by atoms with van der Waals surface area (Å²) < 4.78 is 6.50. The van der Waals surface area contributed by atoms with Crippen molar-refractivity contribution in [2.75, 3.05) is 24.4 Å². The Morgan fingerprint density at radius 1 is 1.07 bits per heavy atom. The maximum atomic E-state index is 11.6. The second-order valence-corrected chi connectivity index (χ2v) is 6.05. The summed E-state index contributed by atoms with van der Waals surface area (Å²) >= 11 is 0. The fraction of sp³-hybridized carbons (Fsp3) is 0.100. The van der Waals surface area contributed by atoms with Crippen LogP contribution in [0.5, 0.6) is 0 Å². The molecule has 8 nitrogen and oxygen atoms in total. The standard InChI is InChI=1S/C20H18N6O2/c1-25(20(27)28-2)15-10-8-14(9-11-15)24-18-17-12-23-26(19(17)22-13-21-18)16-6-4-3-5-7-16/h3-13H,1-2H3,(H,21,22,24). The average Bonchev–Trinajstić information content (AvgIpc) is 3.19. The molecule has 0 aliphatic rings. The normalized spacial score (nSPS) is 10.6. The Bertz CT molecular complexity index is 1110. The SMILES string of the molecule is COC(=O)N(C)c1ccc(Nc2ncnc3c2cnn3-c2ccccc2)cc1. The molecule has 0 bridgehead atoms. The number of hydrogen-bond acceptors (Lipinski definition) is 6. The molecule has 1 N–H and O–H groups in total.